The molecule has 0 aliphatic heterocycles. The summed E-state index contributed by atoms with van der Waals surface area (Å²) in [5.74, 6) is -0.907. The predicted octanol–water partition coefficient (Wildman–Crippen LogP) is 2.32. The molecule has 2 rings (SSSR count). The van der Waals surface area contributed by atoms with Crippen LogP contribution in [0.4, 0.5) is 13.2 Å². The average Bonchev–Trinajstić information content (AvgIpc) is 3.30. The number of rotatable bonds is 5. The normalized spacial score (nSPS) is 16.0. The van der Waals surface area contributed by atoms with Crippen LogP contribution in [0.25, 0.3) is 0 Å². The van der Waals surface area contributed by atoms with Crippen LogP contribution < -0.4 is 5.32 Å². The summed E-state index contributed by atoms with van der Waals surface area (Å²) < 4.78 is 42.1. The molecule has 0 saturated heterocycles. The SMILES string of the molecule is COC(=O)[C@H](Cc1ccc(C(F)(F)F)cc1)NC(=O)C1CC1. The van der Waals surface area contributed by atoms with E-state index in [1.807, 2.05) is 0 Å². The minimum Gasteiger partial charge on any atom is -0.467 e. The molecule has 0 aromatic heterocycles. The molecule has 1 aromatic rings. The molecule has 22 heavy (non-hydrogen) atoms. The van der Waals surface area contributed by atoms with Crippen LogP contribution in [-0.2, 0) is 26.9 Å². The second-order valence-electron chi connectivity index (χ2n) is 5.26. The van der Waals surface area contributed by atoms with Crippen molar-refractivity contribution in [2.24, 2.45) is 5.92 Å². The summed E-state index contributed by atoms with van der Waals surface area (Å²) in [6.07, 6.45) is -2.73. The molecule has 0 radical (unpaired) electrons. The topological polar surface area (TPSA) is 55.4 Å². The zero-order valence-electron chi connectivity index (χ0n) is 11.9. The molecule has 0 heterocycles. The lowest BCUT2D eigenvalue weighted by Crippen LogP contribution is -2.43. The number of carbonyl (C=O) groups excluding carboxylic acids is 2. The maximum atomic E-state index is 12.5. The number of nitrogens with one attached hydrogen (secondary N) is 1. The quantitative estimate of drug-likeness (QED) is 0.849. The monoisotopic (exact) mass is 315 g/mol. The van der Waals surface area contributed by atoms with Crippen molar-refractivity contribution in [2.75, 3.05) is 7.11 Å². The maximum absolute atomic E-state index is 12.5. The van der Waals surface area contributed by atoms with Gasteiger partial charge in [0.05, 0.1) is 12.7 Å². The standard InChI is InChI=1S/C15H16F3NO3/c1-22-14(21)12(19-13(20)10-4-5-10)8-9-2-6-11(7-3-9)15(16,17)18/h2-3,6-7,10,12H,4-5,8H2,1H3,(H,19,20)/t12-/m0/s1. The highest BCUT2D eigenvalue weighted by Gasteiger charge is 2.33. The Labute approximate surface area is 125 Å². The van der Waals surface area contributed by atoms with Crippen molar-refractivity contribution in [1.29, 1.82) is 0 Å². The molecule has 4 nitrogen and oxygen atoms in total. The van der Waals surface area contributed by atoms with E-state index < -0.39 is 23.8 Å². The second kappa shape index (κ2) is 6.37. The number of carbonyl (C=O) groups is 2. The lowest BCUT2D eigenvalue weighted by atomic mass is 10.0. The number of hydrogen-bond acceptors (Lipinski definition) is 3. The molecule has 1 aromatic carbocycles. The first-order valence-electron chi connectivity index (χ1n) is 6.85. The third-order valence-corrected chi connectivity index (χ3v) is 3.47. The van der Waals surface area contributed by atoms with Crippen molar-refractivity contribution in [1.82, 2.24) is 5.32 Å². The number of methoxy groups -OCH3 is 1. The van der Waals surface area contributed by atoms with E-state index in [2.05, 4.69) is 10.1 Å². The van der Waals surface area contributed by atoms with Crippen molar-refractivity contribution < 1.29 is 27.5 Å². The Morgan fingerprint density at radius 3 is 2.32 bits per heavy atom. The number of hydrogen-bond donors (Lipinski definition) is 1. The van der Waals surface area contributed by atoms with Gasteiger partial charge in [0.1, 0.15) is 6.04 Å². The Morgan fingerprint density at radius 2 is 1.86 bits per heavy atom. The van der Waals surface area contributed by atoms with Gasteiger partial charge in [-0.1, -0.05) is 12.1 Å². The first kappa shape index (κ1) is 16.3. The van der Waals surface area contributed by atoms with Crippen molar-refractivity contribution in [2.45, 2.75) is 31.5 Å². The van der Waals surface area contributed by atoms with Crippen LogP contribution in [0, 0.1) is 5.92 Å². The fourth-order valence-corrected chi connectivity index (χ4v) is 2.04. The number of benzene rings is 1. The van der Waals surface area contributed by atoms with Gasteiger partial charge < -0.3 is 10.1 Å². The van der Waals surface area contributed by atoms with E-state index in [0.29, 0.717) is 5.56 Å². The van der Waals surface area contributed by atoms with Gasteiger partial charge in [-0.25, -0.2) is 4.79 Å². The van der Waals surface area contributed by atoms with E-state index in [-0.39, 0.29) is 18.2 Å². The predicted molar refractivity (Wildman–Crippen MR) is 71.8 cm³/mol. The van der Waals surface area contributed by atoms with Gasteiger partial charge in [-0.3, -0.25) is 4.79 Å². The average molecular weight is 315 g/mol. The fourth-order valence-electron chi connectivity index (χ4n) is 2.04. The van der Waals surface area contributed by atoms with Crippen LogP contribution in [0.2, 0.25) is 0 Å². The van der Waals surface area contributed by atoms with E-state index in [1.54, 1.807) is 0 Å². The Kier molecular flexibility index (Phi) is 4.73. The molecule has 120 valence electrons. The highest BCUT2D eigenvalue weighted by Crippen LogP contribution is 2.30. The summed E-state index contributed by atoms with van der Waals surface area (Å²) in [5.41, 5.74) is -0.243. The fraction of sp³-hybridized carbons (Fsp3) is 0.467. The molecule has 7 heteroatoms. The summed E-state index contributed by atoms with van der Waals surface area (Å²) >= 11 is 0. The molecule has 1 amide bonds. The van der Waals surface area contributed by atoms with Crippen LogP contribution in [0.3, 0.4) is 0 Å². The summed E-state index contributed by atoms with van der Waals surface area (Å²) in [5, 5.41) is 2.59. The van der Waals surface area contributed by atoms with Crippen molar-refractivity contribution in [3.05, 3.63) is 35.4 Å². The van der Waals surface area contributed by atoms with Gasteiger partial charge in [0, 0.05) is 12.3 Å². The highest BCUT2D eigenvalue weighted by molar-refractivity contribution is 5.87. The lowest BCUT2D eigenvalue weighted by molar-refractivity contribution is -0.145. The van der Waals surface area contributed by atoms with Crippen molar-refractivity contribution >= 4 is 11.9 Å². The van der Waals surface area contributed by atoms with Crippen LogP contribution in [0.15, 0.2) is 24.3 Å². The number of halogens is 3. The Balaban J connectivity index is 2.05. The van der Waals surface area contributed by atoms with Gasteiger partial charge in [-0.05, 0) is 30.5 Å². The molecule has 1 fully saturated rings. The van der Waals surface area contributed by atoms with Crippen LogP contribution in [-0.4, -0.2) is 25.0 Å². The maximum Gasteiger partial charge on any atom is 0.416 e. The van der Waals surface area contributed by atoms with Crippen molar-refractivity contribution in [3.8, 4) is 0 Å². The van der Waals surface area contributed by atoms with Crippen LogP contribution >= 0.6 is 0 Å². The Bertz CT molecular complexity index is 550. The molecule has 0 unspecified atom stereocenters. The lowest BCUT2D eigenvalue weighted by Gasteiger charge is -2.17. The van der Waals surface area contributed by atoms with E-state index >= 15 is 0 Å². The van der Waals surface area contributed by atoms with Gasteiger partial charge in [0.25, 0.3) is 0 Å². The zero-order chi connectivity index (χ0) is 16.3. The molecule has 0 bridgehead atoms. The summed E-state index contributed by atoms with van der Waals surface area (Å²) in [6.45, 7) is 0. The Hall–Kier alpha value is -2.05. The van der Waals surface area contributed by atoms with Crippen LogP contribution in [0.5, 0.6) is 0 Å². The van der Waals surface area contributed by atoms with Crippen molar-refractivity contribution in [3.63, 3.8) is 0 Å². The van der Waals surface area contributed by atoms with E-state index in [4.69, 9.17) is 0 Å². The highest BCUT2D eigenvalue weighted by atomic mass is 19.4. The van der Waals surface area contributed by atoms with Gasteiger partial charge in [0.2, 0.25) is 5.91 Å². The molecule has 1 aliphatic rings. The first-order chi connectivity index (χ1) is 10.3. The third-order valence-electron chi connectivity index (χ3n) is 3.47. The minimum absolute atomic E-state index is 0.0697. The molecule has 1 N–H and O–H groups in total. The molecule has 0 spiro atoms. The Morgan fingerprint density at radius 1 is 1.27 bits per heavy atom. The van der Waals surface area contributed by atoms with Gasteiger partial charge in [-0.15, -0.1) is 0 Å². The largest absolute Gasteiger partial charge is 0.467 e. The van der Waals surface area contributed by atoms with E-state index in [0.717, 1.165) is 25.0 Å². The van der Waals surface area contributed by atoms with E-state index in [1.165, 1.54) is 19.2 Å². The molecule has 1 aliphatic carbocycles. The summed E-state index contributed by atoms with van der Waals surface area (Å²) in [7, 11) is 1.20. The molecular formula is C15H16F3NO3. The van der Waals surface area contributed by atoms with Gasteiger partial charge in [0.15, 0.2) is 0 Å². The zero-order valence-corrected chi connectivity index (χ0v) is 11.9. The summed E-state index contributed by atoms with van der Waals surface area (Å²) in [6, 6.07) is 3.60. The number of alkyl halides is 3. The van der Waals surface area contributed by atoms with Crippen LogP contribution in [0.1, 0.15) is 24.0 Å². The first-order valence-corrected chi connectivity index (χ1v) is 6.85. The number of amides is 1. The van der Waals surface area contributed by atoms with Gasteiger partial charge >= 0.3 is 12.1 Å². The molecule has 1 saturated carbocycles. The minimum atomic E-state index is -4.40. The smallest absolute Gasteiger partial charge is 0.416 e. The third kappa shape index (κ3) is 4.22. The van der Waals surface area contributed by atoms with Gasteiger partial charge in [-0.2, -0.15) is 13.2 Å². The second-order valence-corrected chi connectivity index (χ2v) is 5.26. The number of ether oxygens (including phenoxy) is 1. The van der Waals surface area contributed by atoms with E-state index in [9.17, 15) is 22.8 Å². The molecule has 1 atom stereocenters. The molecular weight excluding hydrogens is 299 g/mol. The number of esters is 1. The summed E-state index contributed by atoms with van der Waals surface area (Å²) in [4.78, 5) is 23.4.